The zero-order chi connectivity index (χ0) is 19.0. The second-order valence-corrected chi connectivity index (χ2v) is 9.77. The molecule has 0 spiro atoms. The molecular formula is C20H23N3O2S2. The molecule has 0 N–H and O–H groups in total. The van der Waals surface area contributed by atoms with Gasteiger partial charge in [0.25, 0.3) is 0 Å². The van der Waals surface area contributed by atoms with Gasteiger partial charge in [-0.15, -0.1) is 0 Å². The molecule has 2 aromatic carbocycles. The molecular weight excluding hydrogens is 378 g/mol. The molecule has 0 saturated carbocycles. The van der Waals surface area contributed by atoms with E-state index in [1.165, 1.54) is 10.3 Å². The minimum atomic E-state index is -3.43. The van der Waals surface area contributed by atoms with Gasteiger partial charge in [-0.05, 0) is 37.1 Å². The Morgan fingerprint density at radius 2 is 1.74 bits per heavy atom. The van der Waals surface area contributed by atoms with E-state index in [0.717, 1.165) is 22.6 Å². The van der Waals surface area contributed by atoms with Crippen LogP contribution in [0.1, 0.15) is 18.1 Å². The molecule has 1 saturated heterocycles. The quantitative estimate of drug-likeness (QED) is 0.669. The number of hydrogen-bond donors (Lipinski definition) is 0. The van der Waals surface area contributed by atoms with Gasteiger partial charge in [-0.2, -0.15) is 4.31 Å². The highest BCUT2D eigenvalue weighted by Gasteiger charge is 2.29. The van der Waals surface area contributed by atoms with Gasteiger partial charge < -0.3 is 4.90 Å². The van der Waals surface area contributed by atoms with Crippen molar-refractivity contribution >= 4 is 36.7 Å². The number of anilines is 1. The first-order valence-electron chi connectivity index (χ1n) is 9.19. The van der Waals surface area contributed by atoms with Crippen LogP contribution in [0.4, 0.5) is 5.13 Å². The van der Waals surface area contributed by atoms with E-state index < -0.39 is 10.0 Å². The largest absolute Gasteiger partial charge is 0.345 e. The van der Waals surface area contributed by atoms with Gasteiger partial charge in [0.05, 0.1) is 15.1 Å². The summed E-state index contributed by atoms with van der Waals surface area (Å²) in [6.45, 7) is 6.37. The summed E-state index contributed by atoms with van der Waals surface area (Å²) in [5, 5.41) is 0.985. The minimum absolute atomic E-state index is 0.370. The number of thiazole rings is 1. The van der Waals surface area contributed by atoms with E-state index in [4.69, 9.17) is 4.98 Å². The van der Waals surface area contributed by atoms with Gasteiger partial charge in [-0.25, -0.2) is 13.4 Å². The number of para-hydroxylation sites is 1. The second-order valence-electron chi connectivity index (χ2n) is 6.82. The monoisotopic (exact) mass is 401 g/mol. The fourth-order valence-electron chi connectivity index (χ4n) is 3.39. The van der Waals surface area contributed by atoms with Gasteiger partial charge in [0.15, 0.2) is 5.13 Å². The van der Waals surface area contributed by atoms with Crippen molar-refractivity contribution in [2.45, 2.75) is 25.2 Å². The maximum Gasteiger partial charge on any atom is 0.243 e. The third kappa shape index (κ3) is 3.47. The van der Waals surface area contributed by atoms with Crippen LogP contribution >= 0.6 is 11.3 Å². The molecule has 0 bridgehead atoms. The number of hydrogen-bond acceptors (Lipinski definition) is 5. The first kappa shape index (κ1) is 18.4. The summed E-state index contributed by atoms with van der Waals surface area (Å²) in [6, 6.07) is 13.4. The Morgan fingerprint density at radius 1 is 1.04 bits per heavy atom. The van der Waals surface area contributed by atoms with E-state index in [1.807, 2.05) is 19.1 Å². The van der Waals surface area contributed by atoms with Gasteiger partial charge in [0.2, 0.25) is 10.0 Å². The Balaban J connectivity index is 1.51. The number of nitrogens with zero attached hydrogens (tertiary/aromatic N) is 3. The second kappa shape index (κ2) is 7.22. The molecule has 142 valence electrons. The first-order valence-corrected chi connectivity index (χ1v) is 11.4. The van der Waals surface area contributed by atoms with Gasteiger partial charge in [0, 0.05) is 26.2 Å². The molecule has 1 aliphatic rings. The lowest BCUT2D eigenvalue weighted by Gasteiger charge is -2.33. The molecule has 5 nitrogen and oxygen atoms in total. The SMILES string of the molecule is CCc1cccc2sc(N3CCN(S(=O)(=O)c4ccc(C)cc4)CC3)nc12. The normalized spacial score (nSPS) is 16.1. The Morgan fingerprint density at radius 3 is 2.41 bits per heavy atom. The lowest BCUT2D eigenvalue weighted by atomic mass is 10.1. The fraction of sp³-hybridized carbons (Fsp3) is 0.350. The number of fused-ring (bicyclic) bond motifs is 1. The lowest BCUT2D eigenvalue weighted by Crippen LogP contribution is -2.48. The lowest BCUT2D eigenvalue weighted by molar-refractivity contribution is 0.385. The molecule has 2 heterocycles. The van der Waals surface area contributed by atoms with E-state index in [-0.39, 0.29) is 0 Å². The average Bonchev–Trinajstić information content (AvgIpc) is 3.13. The highest BCUT2D eigenvalue weighted by molar-refractivity contribution is 7.89. The van der Waals surface area contributed by atoms with Crippen LogP contribution in [0.3, 0.4) is 0 Å². The Hall–Kier alpha value is -1.96. The zero-order valence-corrected chi connectivity index (χ0v) is 17.2. The number of aromatic nitrogens is 1. The predicted molar refractivity (Wildman–Crippen MR) is 111 cm³/mol. The van der Waals surface area contributed by atoms with Crippen molar-refractivity contribution in [1.29, 1.82) is 0 Å². The molecule has 0 amide bonds. The van der Waals surface area contributed by atoms with Gasteiger partial charge in [-0.3, -0.25) is 0 Å². The smallest absolute Gasteiger partial charge is 0.243 e. The van der Waals surface area contributed by atoms with Gasteiger partial charge in [0.1, 0.15) is 0 Å². The highest BCUT2D eigenvalue weighted by Crippen LogP contribution is 2.32. The standard InChI is InChI=1S/C20H23N3O2S2/c1-3-16-5-4-6-18-19(16)21-20(26-18)22-11-13-23(14-12-22)27(24,25)17-9-7-15(2)8-10-17/h4-10H,3,11-14H2,1-2H3. The topological polar surface area (TPSA) is 53.5 Å². The van der Waals surface area contributed by atoms with E-state index in [9.17, 15) is 8.42 Å². The minimum Gasteiger partial charge on any atom is -0.345 e. The van der Waals surface area contributed by atoms with Crippen LogP contribution in [0.5, 0.6) is 0 Å². The summed E-state index contributed by atoms with van der Waals surface area (Å²) in [4.78, 5) is 7.41. The van der Waals surface area contributed by atoms with Crippen molar-refractivity contribution in [2.24, 2.45) is 0 Å². The van der Waals surface area contributed by atoms with Crippen molar-refractivity contribution in [2.75, 3.05) is 31.1 Å². The van der Waals surface area contributed by atoms with E-state index in [2.05, 4.69) is 30.0 Å². The fourth-order valence-corrected chi connectivity index (χ4v) is 5.88. The van der Waals surface area contributed by atoms with Crippen LogP contribution < -0.4 is 4.90 Å². The molecule has 0 atom stereocenters. The summed E-state index contributed by atoms with van der Waals surface area (Å²) in [7, 11) is -3.43. The molecule has 3 aromatic rings. The van der Waals surface area contributed by atoms with Crippen LogP contribution in [0.15, 0.2) is 47.4 Å². The number of sulfonamides is 1. The number of benzene rings is 2. The molecule has 1 aromatic heterocycles. The Bertz CT molecular complexity index is 1050. The number of rotatable bonds is 4. The third-order valence-corrected chi connectivity index (χ3v) is 8.03. The van der Waals surface area contributed by atoms with Crippen molar-refractivity contribution in [3.63, 3.8) is 0 Å². The third-order valence-electron chi connectivity index (χ3n) is 5.04. The van der Waals surface area contributed by atoms with Crippen molar-refractivity contribution in [3.8, 4) is 0 Å². The number of aryl methyl sites for hydroxylation is 2. The zero-order valence-electron chi connectivity index (χ0n) is 15.6. The molecule has 0 radical (unpaired) electrons. The van der Waals surface area contributed by atoms with Gasteiger partial charge >= 0.3 is 0 Å². The average molecular weight is 402 g/mol. The van der Waals surface area contributed by atoms with Crippen LogP contribution in [0.2, 0.25) is 0 Å². The van der Waals surface area contributed by atoms with Crippen molar-refractivity contribution < 1.29 is 8.42 Å². The summed E-state index contributed by atoms with van der Waals surface area (Å²) in [6.07, 6.45) is 0.961. The van der Waals surface area contributed by atoms with Crippen molar-refractivity contribution in [3.05, 3.63) is 53.6 Å². The predicted octanol–water partition coefficient (Wildman–Crippen LogP) is 3.68. The maximum absolute atomic E-state index is 12.9. The summed E-state index contributed by atoms with van der Waals surface area (Å²) in [5.74, 6) is 0. The summed E-state index contributed by atoms with van der Waals surface area (Å²) in [5.41, 5.74) is 3.39. The van der Waals surface area contributed by atoms with Crippen LogP contribution in [-0.4, -0.2) is 43.9 Å². The van der Waals surface area contributed by atoms with Crippen LogP contribution in [0, 0.1) is 6.92 Å². The molecule has 1 aliphatic heterocycles. The first-order chi connectivity index (χ1) is 13.0. The Kier molecular flexibility index (Phi) is 4.92. The summed E-state index contributed by atoms with van der Waals surface area (Å²) < 4.78 is 28.5. The maximum atomic E-state index is 12.9. The van der Waals surface area contributed by atoms with Crippen LogP contribution in [0.25, 0.3) is 10.2 Å². The number of piperazine rings is 1. The van der Waals surface area contributed by atoms with Crippen LogP contribution in [-0.2, 0) is 16.4 Å². The molecule has 0 aliphatic carbocycles. The molecule has 0 unspecified atom stereocenters. The Labute approximate surface area is 164 Å². The molecule has 27 heavy (non-hydrogen) atoms. The van der Waals surface area contributed by atoms with E-state index in [0.29, 0.717) is 31.1 Å². The van der Waals surface area contributed by atoms with Crippen molar-refractivity contribution in [1.82, 2.24) is 9.29 Å². The molecule has 7 heteroatoms. The molecule has 1 fully saturated rings. The van der Waals surface area contributed by atoms with Gasteiger partial charge in [-0.1, -0.05) is 48.1 Å². The van der Waals surface area contributed by atoms with E-state index >= 15 is 0 Å². The van der Waals surface area contributed by atoms with E-state index in [1.54, 1.807) is 27.8 Å². The summed E-state index contributed by atoms with van der Waals surface area (Å²) >= 11 is 1.69. The highest BCUT2D eigenvalue weighted by atomic mass is 32.2. The molecule has 4 rings (SSSR count).